The molecule has 114 valence electrons. The Labute approximate surface area is 126 Å². The quantitative estimate of drug-likeness (QED) is 0.870. The first-order valence-corrected chi connectivity index (χ1v) is 8.03. The van der Waals surface area contributed by atoms with Crippen molar-refractivity contribution >= 4 is 11.6 Å². The Bertz CT molecular complexity index is 489. The lowest BCUT2D eigenvalue weighted by atomic mass is 10.1. The van der Waals surface area contributed by atoms with Gasteiger partial charge in [0.1, 0.15) is 0 Å². The summed E-state index contributed by atoms with van der Waals surface area (Å²) in [5.74, 6) is 0.0485. The van der Waals surface area contributed by atoms with E-state index in [0.29, 0.717) is 23.5 Å². The van der Waals surface area contributed by atoms with Crippen molar-refractivity contribution in [2.75, 3.05) is 18.8 Å². The van der Waals surface area contributed by atoms with Crippen molar-refractivity contribution < 1.29 is 9.53 Å². The van der Waals surface area contributed by atoms with Crippen LogP contribution in [-0.2, 0) is 4.74 Å². The third-order valence-electron chi connectivity index (χ3n) is 4.61. The molecule has 1 aliphatic heterocycles. The van der Waals surface area contributed by atoms with Crippen LogP contribution in [0.4, 0.5) is 5.69 Å². The first-order valence-electron chi connectivity index (χ1n) is 8.03. The molecule has 1 saturated heterocycles. The van der Waals surface area contributed by atoms with Crippen LogP contribution < -0.4 is 5.73 Å². The summed E-state index contributed by atoms with van der Waals surface area (Å²) >= 11 is 0. The molecule has 0 radical (unpaired) electrons. The monoisotopic (exact) mass is 288 g/mol. The van der Waals surface area contributed by atoms with E-state index < -0.39 is 0 Å². The standard InChI is InChI=1S/C17H24N2O2/c18-16-8-4-3-7-15(16)17(20)19-11-9-14(10-12-19)21-13-5-1-2-6-13/h3-4,7-8,13-14H,1-2,5-6,9-12,18H2. The van der Waals surface area contributed by atoms with Crippen molar-refractivity contribution in [3.05, 3.63) is 29.8 Å². The Morgan fingerprint density at radius 1 is 1.05 bits per heavy atom. The molecular weight excluding hydrogens is 264 g/mol. The molecular formula is C17H24N2O2. The summed E-state index contributed by atoms with van der Waals surface area (Å²) in [6.07, 6.45) is 7.68. The molecule has 2 fully saturated rings. The lowest BCUT2D eigenvalue weighted by Gasteiger charge is -2.33. The van der Waals surface area contributed by atoms with Gasteiger partial charge >= 0.3 is 0 Å². The van der Waals surface area contributed by atoms with E-state index >= 15 is 0 Å². The van der Waals surface area contributed by atoms with Crippen LogP contribution in [0.2, 0.25) is 0 Å². The Balaban J connectivity index is 1.53. The highest BCUT2D eigenvalue weighted by Gasteiger charge is 2.27. The van der Waals surface area contributed by atoms with E-state index in [0.717, 1.165) is 25.9 Å². The zero-order chi connectivity index (χ0) is 14.7. The van der Waals surface area contributed by atoms with Gasteiger partial charge in [0.25, 0.3) is 5.91 Å². The maximum Gasteiger partial charge on any atom is 0.255 e. The highest BCUT2D eigenvalue weighted by atomic mass is 16.5. The van der Waals surface area contributed by atoms with Gasteiger partial charge < -0.3 is 15.4 Å². The Hall–Kier alpha value is -1.55. The second-order valence-electron chi connectivity index (χ2n) is 6.12. The lowest BCUT2D eigenvalue weighted by Crippen LogP contribution is -2.41. The molecule has 0 unspecified atom stereocenters. The molecule has 1 aromatic carbocycles. The summed E-state index contributed by atoms with van der Waals surface area (Å²) in [5, 5.41) is 0. The predicted molar refractivity (Wildman–Crippen MR) is 83.1 cm³/mol. The van der Waals surface area contributed by atoms with E-state index in [2.05, 4.69) is 0 Å². The molecule has 0 aromatic heterocycles. The fourth-order valence-electron chi connectivity index (χ4n) is 3.35. The number of nitrogen functional groups attached to an aromatic ring is 1. The number of nitrogens with two attached hydrogens (primary N) is 1. The largest absolute Gasteiger partial charge is 0.398 e. The number of carbonyl (C=O) groups excluding carboxylic acids is 1. The number of piperidine rings is 1. The van der Waals surface area contributed by atoms with Gasteiger partial charge in [-0.3, -0.25) is 4.79 Å². The maximum atomic E-state index is 12.5. The molecule has 2 N–H and O–H groups in total. The van der Waals surface area contributed by atoms with Crippen LogP contribution in [0.1, 0.15) is 48.9 Å². The summed E-state index contributed by atoms with van der Waals surface area (Å²) in [6.45, 7) is 1.54. The summed E-state index contributed by atoms with van der Waals surface area (Å²) in [7, 11) is 0. The first kappa shape index (κ1) is 14.4. The van der Waals surface area contributed by atoms with Gasteiger partial charge in [-0.05, 0) is 37.8 Å². The van der Waals surface area contributed by atoms with Crippen LogP contribution in [-0.4, -0.2) is 36.1 Å². The van der Waals surface area contributed by atoms with E-state index in [-0.39, 0.29) is 5.91 Å². The van der Waals surface area contributed by atoms with Gasteiger partial charge in [0.15, 0.2) is 0 Å². The maximum absolute atomic E-state index is 12.5. The Kier molecular flexibility index (Phi) is 4.44. The van der Waals surface area contributed by atoms with Crippen LogP contribution in [0.25, 0.3) is 0 Å². The van der Waals surface area contributed by atoms with Gasteiger partial charge in [-0.15, -0.1) is 0 Å². The van der Waals surface area contributed by atoms with Gasteiger partial charge in [0.2, 0.25) is 0 Å². The predicted octanol–water partition coefficient (Wildman–Crippen LogP) is 2.83. The SMILES string of the molecule is Nc1ccccc1C(=O)N1CCC(OC2CCCC2)CC1. The van der Waals surface area contributed by atoms with Gasteiger partial charge in [-0.25, -0.2) is 0 Å². The van der Waals surface area contributed by atoms with E-state index in [1.165, 1.54) is 25.7 Å². The number of nitrogens with zero attached hydrogens (tertiary/aromatic N) is 1. The molecule has 1 saturated carbocycles. The molecule has 2 aliphatic rings. The molecule has 0 atom stereocenters. The van der Waals surface area contributed by atoms with Crippen LogP contribution in [0.5, 0.6) is 0 Å². The second kappa shape index (κ2) is 6.48. The molecule has 0 spiro atoms. The number of ether oxygens (including phenoxy) is 1. The zero-order valence-corrected chi connectivity index (χ0v) is 12.5. The molecule has 4 heteroatoms. The van der Waals surface area contributed by atoms with Crippen molar-refractivity contribution in [1.82, 2.24) is 4.90 Å². The van der Waals surface area contributed by atoms with Crippen LogP contribution >= 0.6 is 0 Å². The number of hydrogen-bond donors (Lipinski definition) is 1. The number of rotatable bonds is 3. The van der Waals surface area contributed by atoms with Crippen molar-refractivity contribution in [3.8, 4) is 0 Å². The van der Waals surface area contributed by atoms with Gasteiger partial charge in [0, 0.05) is 18.8 Å². The molecule has 21 heavy (non-hydrogen) atoms. The number of carbonyl (C=O) groups is 1. The molecule has 3 rings (SSSR count). The van der Waals surface area contributed by atoms with E-state index in [1.807, 2.05) is 17.0 Å². The topological polar surface area (TPSA) is 55.6 Å². The Morgan fingerprint density at radius 3 is 2.33 bits per heavy atom. The minimum absolute atomic E-state index is 0.0485. The molecule has 0 bridgehead atoms. The smallest absolute Gasteiger partial charge is 0.255 e. The van der Waals surface area contributed by atoms with Crippen LogP contribution in [0.3, 0.4) is 0 Å². The number of likely N-dealkylation sites (tertiary alicyclic amines) is 1. The summed E-state index contributed by atoms with van der Waals surface area (Å²) in [5.41, 5.74) is 7.07. The highest BCUT2D eigenvalue weighted by molar-refractivity contribution is 5.99. The van der Waals surface area contributed by atoms with Crippen LogP contribution in [0, 0.1) is 0 Å². The normalized spacial score (nSPS) is 20.9. The van der Waals surface area contributed by atoms with Gasteiger partial charge in [0.05, 0.1) is 17.8 Å². The van der Waals surface area contributed by atoms with Crippen molar-refractivity contribution in [2.24, 2.45) is 0 Å². The molecule has 1 heterocycles. The third kappa shape index (κ3) is 3.38. The molecule has 1 aromatic rings. The fourth-order valence-corrected chi connectivity index (χ4v) is 3.35. The number of para-hydroxylation sites is 1. The zero-order valence-electron chi connectivity index (χ0n) is 12.5. The van der Waals surface area contributed by atoms with E-state index in [9.17, 15) is 4.79 Å². The summed E-state index contributed by atoms with van der Waals surface area (Å²) in [4.78, 5) is 14.4. The number of anilines is 1. The number of amides is 1. The first-order chi connectivity index (χ1) is 10.2. The van der Waals surface area contributed by atoms with Crippen LogP contribution in [0.15, 0.2) is 24.3 Å². The van der Waals surface area contributed by atoms with E-state index in [4.69, 9.17) is 10.5 Å². The lowest BCUT2D eigenvalue weighted by molar-refractivity contribution is -0.0357. The minimum atomic E-state index is 0.0485. The molecule has 1 amide bonds. The molecule has 4 nitrogen and oxygen atoms in total. The van der Waals surface area contributed by atoms with E-state index in [1.54, 1.807) is 12.1 Å². The molecule has 1 aliphatic carbocycles. The van der Waals surface area contributed by atoms with Crippen molar-refractivity contribution in [2.45, 2.75) is 50.7 Å². The number of hydrogen-bond acceptors (Lipinski definition) is 3. The van der Waals surface area contributed by atoms with Gasteiger partial charge in [-0.1, -0.05) is 25.0 Å². The minimum Gasteiger partial charge on any atom is -0.398 e. The highest BCUT2D eigenvalue weighted by Crippen LogP contribution is 2.26. The average molecular weight is 288 g/mol. The van der Waals surface area contributed by atoms with Crippen molar-refractivity contribution in [3.63, 3.8) is 0 Å². The van der Waals surface area contributed by atoms with Crippen molar-refractivity contribution in [1.29, 1.82) is 0 Å². The second-order valence-corrected chi connectivity index (χ2v) is 6.12. The average Bonchev–Trinajstić information content (AvgIpc) is 3.01. The Morgan fingerprint density at radius 2 is 1.67 bits per heavy atom. The summed E-state index contributed by atoms with van der Waals surface area (Å²) in [6, 6.07) is 7.30. The fraction of sp³-hybridized carbons (Fsp3) is 0.588. The van der Waals surface area contributed by atoms with Gasteiger partial charge in [-0.2, -0.15) is 0 Å². The third-order valence-corrected chi connectivity index (χ3v) is 4.61. The summed E-state index contributed by atoms with van der Waals surface area (Å²) < 4.78 is 6.15. The number of benzene rings is 1.